The maximum atomic E-state index is 12.8. The molecule has 36 heavy (non-hydrogen) atoms. The van der Waals surface area contributed by atoms with Gasteiger partial charge in [0.05, 0.1) is 14.9 Å². The van der Waals surface area contributed by atoms with E-state index in [1.807, 2.05) is 17.1 Å². The maximum absolute atomic E-state index is 12.8. The molecule has 2 aliphatic rings. The molecule has 13 heteroatoms. The number of aryl methyl sites for hydroxylation is 1. The molecule has 2 aliphatic heterocycles. The van der Waals surface area contributed by atoms with Crippen LogP contribution in [0.3, 0.4) is 0 Å². The minimum absolute atomic E-state index is 0. The number of rotatable bonds is 7. The van der Waals surface area contributed by atoms with Crippen molar-refractivity contribution in [2.45, 2.75) is 49.6 Å². The van der Waals surface area contributed by atoms with Gasteiger partial charge in [-0.1, -0.05) is 45.0 Å². The van der Waals surface area contributed by atoms with E-state index in [0.29, 0.717) is 28.6 Å². The molecule has 8 nitrogen and oxygen atoms in total. The summed E-state index contributed by atoms with van der Waals surface area (Å²) in [4.78, 5) is 2.29. The van der Waals surface area contributed by atoms with E-state index in [1.165, 1.54) is 16.4 Å². The van der Waals surface area contributed by atoms with Crippen LogP contribution >= 0.6 is 23.2 Å². The number of halogens is 2. The van der Waals surface area contributed by atoms with E-state index in [9.17, 15) is 16.8 Å². The Morgan fingerprint density at radius 2 is 1.47 bits per heavy atom. The molecular weight excluding hydrogens is 556 g/mol. The number of benzene rings is 2. The average molecular weight is 587 g/mol. The predicted octanol–water partition coefficient (Wildman–Crippen LogP) is 3.18. The van der Waals surface area contributed by atoms with E-state index >= 15 is 0 Å². The Labute approximate surface area is 245 Å². The normalized spacial score (nSPS) is 19.1. The summed E-state index contributed by atoms with van der Waals surface area (Å²) in [5.74, 6) is 0.699. The molecule has 0 bridgehead atoms. The van der Waals surface area contributed by atoms with E-state index in [0.717, 1.165) is 31.5 Å². The fraction of sp³-hybridized carbons (Fsp3) is 0.478. The summed E-state index contributed by atoms with van der Waals surface area (Å²) < 4.78 is 59.8. The summed E-state index contributed by atoms with van der Waals surface area (Å²) in [6.07, 6.45) is 3.08. The van der Waals surface area contributed by atoms with Crippen LogP contribution in [0, 0.1) is 6.92 Å². The van der Waals surface area contributed by atoms with Crippen molar-refractivity contribution in [3.05, 3.63) is 58.1 Å². The summed E-state index contributed by atoms with van der Waals surface area (Å²) >= 11 is 12.0. The number of likely N-dealkylation sites (tertiary alicyclic amines) is 1. The van der Waals surface area contributed by atoms with Crippen LogP contribution in [0.15, 0.2) is 47.4 Å². The number of ether oxygens (including phenoxy) is 1. The molecule has 0 atom stereocenters. The van der Waals surface area contributed by atoms with Crippen LogP contribution in [-0.2, 0) is 20.2 Å². The predicted molar refractivity (Wildman–Crippen MR) is 144 cm³/mol. The molecule has 0 unspecified atom stereocenters. The van der Waals surface area contributed by atoms with E-state index in [1.54, 1.807) is 24.3 Å². The van der Waals surface area contributed by atoms with Crippen molar-refractivity contribution in [2.24, 2.45) is 0 Å². The molecule has 4 rings (SSSR count). The standard InChI is InChI=1S/C23H29Cl2N3O5S2.Na.H/c1-17-2-5-21(6-3-17)34(29,30)26-35(31,32)28-14-8-18(9-15-28)27-12-10-19(11-13-27)33-20-4-7-22(24)23(25)16-20;;/h2-7,16,18-19,26H,8-15H2,1H3;;. The number of hydrogen-bond acceptors (Lipinski definition) is 6. The second kappa shape index (κ2) is 12.6. The number of nitrogens with one attached hydrogen (secondary N) is 1. The van der Waals surface area contributed by atoms with Gasteiger partial charge in [-0.3, -0.25) is 0 Å². The van der Waals surface area contributed by atoms with Gasteiger partial charge >= 0.3 is 29.6 Å². The van der Waals surface area contributed by atoms with Crippen molar-refractivity contribution >= 4 is 73.0 Å². The van der Waals surface area contributed by atoms with Gasteiger partial charge in [-0.15, -0.1) is 0 Å². The van der Waals surface area contributed by atoms with Crippen molar-refractivity contribution in [3.8, 4) is 5.75 Å². The van der Waals surface area contributed by atoms with Gasteiger partial charge in [0.2, 0.25) is 0 Å². The Morgan fingerprint density at radius 3 is 2.06 bits per heavy atom. The monoisotopic (exact) mass is 585 g/mol. The van der Waals surface area contributed by atoms with Crippen LogP contribution in [0.25, 0.3) is 0 Å². The van der Waals surface area contributed by atoms with Gasteiger partial charge in [0, 0.05) is 38.3 Å². The first kappa shape index (κ1) is 30.1. The van der Waals surface area contributed by atoms with Gasteiger partial charge in [0.25, 0.3) is 20.2 Å². The van der Waals surface area contributed by atoms with Crippen LogP contribution in [-0.4, -0.2) is 93.9 Å². The Hall–Kier alpha value is -0.400. The minimum atomic E-state index is -4.17. The van der Waals surface area contributed by atoms with Crippen LogP contribution < -0.4 is 8.86 Å². The van der Waals surface area contributed by atoms with Gasteiger partial charge in [0.1, 0.15) is 11.9 Å². The molecular formula is C23H30Cl2N3NaO5S2. The van der Waals surface area contributed by atoms with Gasteiger partial charge < -0.3 is 9.64 Å². The molecule has 0 aromatic heterocycles. The molecule has 2 saturated heterocycles. The second-order valence-corrected chi connectivity index (χ2v) is 13.4. The Morgan fingerprint density at radius 1 is 0.861 bits per heavy atom. The summed E-state index contributed by atoms with van der Waals surface area (Å²) in [7, 11) is -8.34. The summed E-state index contributed by atoms with van der Waals surface area (Å²) in [5, 5.41) is 0.953. The van der Waals surface area contributed by atoms with Crippen LogP contribution in [0.4, 0.5) is 0 Å². The molecule has 2 fully saturated rings. The van der Waals surface area contributed by atoms with Crippen LogP contribution in [0.2, 0.25) is 10.0 Å². The first-order chi connectivity index (χ1) is 16.5. The molecule has 0 radical (unpaired) electrons. The van der Waals surface area contributed by atoms with Gasteiger partial charge in [-0.25, -0.2) is 8.42 Å². The van der Waals surface area contributed by atoms with Crippen molar-refractivity contribution in [3.63, 3.8) is 0 Å². The average Bonchev–Trinajstić information content (AvgIpc) is 2.82. The van der Waals surface area contributed by atoms with Crippen LogP contribution in [0.1, 0.15) is 31.2 Å². The molecule has 0 spiro atoms. The van der Waals surface area contributed by atoms with Gasteiger partial charge in [0.15, 0.2) is 0 Å². The zero-order chi connectivity index (χ0) is 25.2. The topological polar surface area (TPSA) is 96.0 Å². The van der Waals surface area contributed by atoms with Crippen molar-refractivity contribution in [2.75, 3.05) is 26.2 Å². The van der Waals surface area contributed by atoms with E-state index < -0.39 is 20.2 Å². The number of hydrogen-bond donors (Lipinski definition) is 1. The fourth-order valence-electron chi connectivity index (χ4n) is 4.51. The molecule has 2 aromatic carbocycles. The first-order valence-electron chi connectivity index (χ1n) is 11.5. The Balaban J connectivity index is 0.00000361. The molecule has 1 N–H and O–H groups in total. The third-order valence-electron chi connectivity index (χ3n) is 6.50. The van der Waals surface area contributed by atoms with E-state index in [4.69, 9.17) is 27.9 Å². The zero-order valence-electron chi connectivity index (χ0n) is 19.4. The van der Waals surface area contributed by atoms with Crippen molar-refractivity contribution < 1.29 is 21.6 Å². The molecule has 0 aliphatic carbocycles. The zero-order valence-corrected chi connectivity index (χ0v) is 22.5. The fourth-order valence-corrected chi connectivity index (χ4v) is 7.90. The summed E-state index contributed by atoms with van der Waals surface area (Å²) in [5.41, 5.74) is 0.888. The third-order valence-corrected chi connectivity index (χ3v) is 10.9. The first-order valence-corrected chi connectivity index (χ1v) is 15.2. The van der Waals surface area contributed by atoms with Crippen molar-refractivity contribution in [1.82, 2.24) is 13.3 Å². The van der Waals surface area contributed by atoms with Gasteiger partial charge in [-0.05, 0) is 56.9 Å². The van der Waals surface area contributed by atoms with E-state index in [-0.39, 0.29) is 59.7 Å². The number of piperidine rings is 2. The third kappa shape index (κ3) is 7.59. The Kier molecular flexibility index (Phi) is 10.6. The quantitative estimate of drug-likeness (QED) is 0.501. The molecule has 2 heterocycles. The SMILES string of the molecule is Cc1ccc(S(=O)(=O)NS(=O)(=O)N2CCC(N3CCC(Oc4ccc(Cl)c(Cl)c4)CC3)CC2)cc1.[NaH]. The summed E-state index contributed by atoms with van der Waals surface area (Å²) in [6.45, 7) is 4.06. The van der Waals surface area contributed by atoms with Gasteiger partial charge in [-0.2, -0.15) is 12.7 Å². The van der Waals surface area contributed by atoms with E-state index in [2.05, 4.69) is 4.90 Å². The van der Waals surface area contributed by atoms with Crippen LogP contribution in [0.5, 0.6) is 5.75 Å². The molecule has 0 saturated carbocycles. The molecule has 2 aromatic rings. The Bertz CT molecular complexity index is 1250. The molecule has 194 valence electrons. The molecule has 0 amide bonds. The second-order valence-electron chi connectivity index (χ2n) is 8.96. The summed E-state index contributed by atoms with van der Waals surface area (Å²) in [6, 6.07) is 11.6. The van der Waals surface area contributed by atoms with Crippen molar-refractivity contribution in [1.29, 1.82) is 0 Å². The number of sulfonamides is 1. The number of nitrogens with zero attached hydrogens (tertiary/aromatic N) is 2.